The lowest BCUT2D eigenvalue weighted by molar-refractivity contribution is 0.243. The summed E-state index contributed by atoms with van der Waals surface area (Å²) in [6.07, 6.45) is 6.59. The average molecular weight is 312 g/mol. The van der Waals surface area contributed by atoms with E-state index in [2.05, 4.69) is 41.4 Å². The van der Waals surface area contributed by atoms with Crippen molar-refractivity contribution < 1.29 is 0 Å². The van der Waals surface area contributed by atoms with Gasteiger partial charge in [0.2, 0.25) is 0 Å². The van der Waals surface area contributed by atoms with Crippen LogP contribution in [0.5, 0.6) is 0 Å². The minimum atomic E-state index is 0.702. The van der Waals surface area contributed by atoms with Gasteiger partial charge in [0.15, 0.2) is 0 Å². The molecule has 0 unspecified atom stereocenters. The van der Waals surface area contributed by atoms with Crippen LogP contribution in [0.15, 0.2) is 54.9 Å². The number of fused-ring (bicyclic) bond motifs is 1. The van der Waals surface area contributed by atoms with Crippen LogP contribution in [0.4, 0.5) is 0 Å². The number of halogens is 1. The smallest absolute Gasteiger partial charge is 0.137 e. The molecule has 0 spiro atoms. The van der Waals surface area contributed by atoms with Crippen molar-refractivity contribution in [1.29, 1.82) is 0 Å². The number of pyridine rings is 1. The van der Waals surface area contributed by atoms with Crippen molar-refractivity contribution in [3.8, 4) is 0 Å². The SMILES string of the molecule is Clc1ccc2nc(CN(Cc3ccccc3)C3CC3)cn2c1. The second-order valence-electron chi connectivity index (χ2n) is 5.97. The van der Waals surface area contributed by atoms with Crippen molar-refractivity contribution in [1.82, 2.24) is 14.3 Å². The zero-order valence-electron chi connectivity index (χ0n) is 12.3. The molecule has 2 heterocycles. The van der Waals surface area contributed by atoms with Crippen molar-refractivity contribution in [2.75, 3.05) is 0 Å². The van der Waals surface area contributed by atoms with E-state index < -0.39 is 0 Å². The van der Waals surface area contributed by atoms with Gasteiger partial charge in [0.25, 0.3) is 0 Å². The first kappa shape index (κ1) is 13.8. The van der Waals surface area contributed by atoms with Gasteiger partial charge in [0.1, 0.15) is 5.65 Å². The third-order valence-corrected chi connectivity index (χ3v) is 4.35. The van der Waals surface area contributed by atoms with Gasteiger partial charge in [-0.25, -0.2) is 4.98 Å². The summed E-state index contributed by atoms with van der Waals surface area (Å²) in [5.74, 6) is 0. The Kier molecular flexibility index (Phi) is 3.60. The van der Waals surface area contributed by atoms with Crippen LogP contribution in [0.25, 0.3) is 5.65 Å². The maximum atomic E-state index is 6.04. The maximum Gasteiger partial charge on any atom is 0.137 e. The number of hydrogen-bond acceptors (Lipinski definition) is 2. The van der Waals surface area contributed by atoms with E-state index in [9.17, 15) is 0 Å². The Hall–Kier alpha value is -1.84. The van der Waals surface area contributed by atoms with E-state index in [0.29, 0.717) is 6.04 Å². The summed E-state index contributed by atoms with van der Waals surface area (Å²) >= 11 is 6.04. The Morgan fingerprint density at radius 3 is 2.64 bits per heavy atom. The van der Waals surface area contributed by atoms with Crippen LogP contribution in [0.1, 0.15) is 24.1 Å². The fraction of sp³-hybridized carbons (Fsp3) is 0.278. The molecule has 22 heavy (non-hydrogen) atoms. The Morgan fingerprint density at radius 2 is 1.86 bits per heavy atom. The Morgan fingerprint density at radius 1 is 1.05 bits per heavy atom. The van der Waals surface area contributed by atoms with E-state index in [4.69, 9.17) is 16.6 Å². The molecule has 0 amide bonds. The van der Waals surface area contributed by atoms with E-state index in [-0.39, 0.29) is 0 Å². The zero-order valence-corrected chi connectivity index (χ0v) is 13.1. The minimum Gasteiger partial charge on any atom is -0.305 e. The van der Waals surface area contributed by atoms with Crippen LogP contribution in [-0.4, -0.2) is 20.3 Å². The molecule has 1 aromatic carbocycles. The highest BCUT2D eigenvalue weighted by Crippen LogP contribution is 2.29. The van der Waals surface area contributed by atoms with Gasteiger partial charge >= 0.3 is 0 Å². The molecule has 1 fully saturated rings. The highest BCUT2D eigenvalue weighted by atomic mass is 35.5. The number of benzene rings is 1. The standard InChI is InChI=1S/C18H18ClN3/c19-15-6-9-18-20-16(13-22(18)11-15)12-21(17-7-8-17)10-14-4-2-1-3-5-14/h1-6,9,11,13,17H,7-8,10,12H2. The largest absolute Gasteiger partial charge is 0.305 e. The van der Waals surface area contributed by atoms with Crippen LogP contribution in [0, 0.1) is 0 Å². The minimum absolute atomic E-state index is 0.702. The maximum absolute atomic E-state index is 6.04. The fourth-order valence-electron chi connectivity index (χ4n) is 2.87. The van der Waals surface area contributed by atoms with E-state index in [1.807, 2.05) is 22.7 Å². The Bertz CT molecular complexity index is 777. The van der Waals surface area contributed by atoms with Gasteiger partial charge in [0, 0.05) is 31.5 Å². The molecule has 1 aliphatic carbocycles. The zero-order chi connectivity index (χ0) is 14.9. The predicted molar refractivity (Wildman–Crippen MR) is 88.9 cm³/mol. The summed E-state index contributed by atoms with van der Waals surface area (Å²) in [4.78, 5) is 7.23. The number of hydrogen-bond donors (Lipinski definition) is 0. The van der Waals surface area contributed by atoms with E-state index in [1.165, 1.54) is 18.4 Å². The molecular formula is C18H18ClN3. The normalized spacial score (nSPS) is 14.8. The summed E-state index contributed by atoms with van der Waals surface area (Å²) in [6.45, 7) is 1.87. The molecule has 0 aliphatic heterocycles. The van der Waals surface area contributed by atoms with Gasteiger partial charge in [-0.1, -0.05) is 41.9 Å². The second kappa shape index (κ2) is 5.75. The molecule has 4 heteroatoms. The first-order valence-electron chi connectivity index (χ1n) is 7.69. The molecule has 0 radical (unpaired) electrons. The summed E-state index contributed by atoms with van der Waals surface area (Å²) in [7, 11) is 0. The predicted octanol–water partition coefficient (Wildman–Crippen LogP) is 4.15. The molecule has 1 saturated carbocycles. The lowest BCUT2D eigenvalue weighted by Crippen LogP contribution is -2.25. The highest BCUT2D eigenvalue weighted by molar-refractivity contribution is 6.30. The molecule has 0 N–H and O–H groups in total. The molecule has 112 valence electrons. The van der Waals surface area contributed by atoms with Crippen molar-refractivity contribution in [3.05, 3.63) is 71.1 Å². The average Bonchev–Trinajstić information content (AvgIpc) is 3.29. The lowest BCUT2D eigenvalue weighted by Gasteiger charge is -2.20. The van der Waals surface area contributed by atoms with Gasteiger partial charge in [-0.05, 0) is 30.5 Å². The van der Waals surface area contributed by atoms with E-state index in [0.717, 1.165) is 29.5 Å². The summed E-state index contributed by atoms with van der Waals surface area (Å²) in [5, 5.41) is 0.736. The molecule has 3 nitrogen and oxygen atoms in total. The topological polar surface area (TPSA) is 20.5 Å². The molecule has 4 rings (SSSR count). The summed E-state index contributed by atoms with van der Waals surface area (Å²) in [6, 6.07) is 15.2. The van der Waals surface area contributed by atoms with Gasteiger partial charge in [-0.2, -0.15) is 0 Å². The van der Waals surface area contributed by atoms with Crippen LogP contribution in [0.2, 0.25) is 5.02 Å². The number of aromatic nitrogens is 2. The summed E-state index contributed by atoms with van der Waals surface area (Å²) in [5.41, 5.74) is 3.42. The van der Waals surface area contributed by atoms with Crippen molar-refractivity contribution >= 4 is 17.2 Å². The first-order valence-corrected chi connectivity index (χ1v) is 8.07. The second-order valence-corrected chi connectivity index (χ2v) is 6.40. The molecule has 2 aromatic heterocycles. The Balaban J connectivity index is 1.55. The highest BCUT2D eigenvalue weighted by Gasteiger charge is 2.29. The van der Waals surface area contributed by atoms with Crippen LogP contribution >= 0.6 is 11.6 Å². The Labute approximate surface area is 135 Å². The van der Waals surface area contributed by atoms with Gasteiger partial charge < -0.3 is 4.40 Å². The summed E-state index contributed by atoms with van der Waals surface area (Å²) < 4.78 is 2.01. The number of imidazole rings is 1. The van der Waals surface area contributed by atoms with Gasteiger partial charge in [0.05, 0.1) is 10.7 Å². The lowest BCUT2D eigenvalue weighted by atomic mass is 10.2. The molecule has 0 atom stereocenters. The van der Waals surface area contributed by atoms with Gasteiger partial charge in [-0.3, -0.25) is 4.90 Å². The molecular weight excluding hydrogens is 294 g/mol. The third-order valence-electron chi connectivity index (χ3n) is 4.12. The number of nitrogens with zero attached hydrogens (tertiary/aromatic N) is 3. The van der Waals surface area contributed by atoms with Crippen molar-refractivity contribution in [2.24, 2.45) is 0 Å². The number of rotatable bonds is 5. The first-order chi connectivity index (χ1) is 10.8. The van der Waals surface area contributed by atoms with Crippen molar-refractivity contribution in [2.45, 2.75) is 32.0 Å². The molecule has 3 aromatic rings. The van der Waals surface area contributed by atoms with Crippen LogP contribution in [0.3, 0.4) is 0 Å². The van der Waals surface area contributed by atoms with Crippen LogP contribution in [-0.2, 0) is 13.1 Å². The van der Waals surface area contributed by atoms with Crippen molar-refractivity contribution in [3.63, 3.8) is 0 Å². The third kappa shape index (κ3) is 3.01. The quantitative estimate of drug-likeness (QED) is 0.705. The van der Waals surface area contributed by atoms with E-state index in [1.54, 1.807) is 0 Å². The van der Waals surface area contributed by atoms with Crippen LogP contribution < -0.4 is 0 Å². The van der Waals surface area contributed by atoms with E-state index >= 15 is 0 Å². The molecule has 1 aliphatic rings. The fourth-order valence-corrected chi connectivity index (χ4v) is 3.04. The molecule has 0 bridgehead atoms. The monoisotopic (exact) mass is 311 g/mol. The molecule has 0 saturated heterocycles. The van der Waals surface area contributed by atoms with Gasteiger partial charge in [-0.15, -0.1) is 0 Å².